The van der Waals surface area contributed by atoms with Crippen LogP contribution in [0.1, 0.15) is 132 Å². The minimum Gasteiger partial charge on any atom is -0.461 e. The zero-order valence-corrected chi connectivity index (χ0v) is 25.7. The monoisotopic (exact) mass is 528 g/mol. The fourth-order valence-corrected chi connectivity index (χ4v) is 9.01. The fourth-order valence-electron chi connectivity index (χ4n) is 9.01. The molecule has 0 amide bonds. The molecule has 4 aliphatic carbocycles. The van der Waals surface area contributed by atoms with Crippen LogP contribution < -0.4 is 0 Å². The first-order chi connectivity index (χ1) is 17.7. The first kappa shape index (κ1) is 29.7. The number of esters is 2. The van der Waals surface area contributed by atoms with Gasteiger partial charge in [0.25, 0.3) is 0 Å². The molecule has 4 nitrogen and oxygen atoms in total. The quantitative estimate of drug-likeness (QED) is 0.137. The Bertz CT molecular complexity index is 897. The van der Waals surface area contributed by atoms with Crippen LogP contribution in [0.3, 0.4) is 0 Å². The molecule has 0 saturated heterocycles. The third-order valence-corrected chi connectivity index (χ3v) is 11.2. The maximum atomic E-state index is 12.8. The Hall–Kier alpha value is -1.32. The molecule has 0 aliphatic heterocycles. The second-order valence-corrected chi connectivity index (χ2v) is 15.3. The van der Waals surface area contributed by atoms with Crippen LogP contribution in [0.2, 0.25) is 0 Å². The molecule has 3 saturated carbocycles. The molecule has 4 rings (SSSR count). The van der Waals surface area contributed by atoms with Gasteiger partial charge in [-0.05, 0) is 119 Å². The number of unbranched alkanes of at least 4 members (excludes halogenated alkanes) is 1. The van der Waals surface area contributed by atoms with Crippen molar-refractivity contribution in [3.05, 3.63) is 11.6 Å². The third kappa shape index (κ3) is 6.04. The molecule has 0 aromatic rings. The first-order valence-corrected chi connectivity index (χ1v) is 15.9. The zero-order valence-electron chi connectivity index (χ0n) is 25.7. The molecule has 38 heavy (non-hydrogen) atoms. The smallest absolute Gasteiger partial charge is 0.320 e. The van der Waals surface area contributed by atoms with Gasteiger partial charge in [0.2, 0.25) is 0 Å². The highest BCUT2D eigenvalue weighted by Gasteiger charge is 2.58. The van der Waals surface area contributed by atoms with Crippen LogP contribution in [-0.4, -0.2) is 23.6 Å². The number of hydrogen-bond acceptors (Lipinski definition) is 4. The van der Waals surface area contributed by atoms with Crippen LogP contribution in [0, 0.1) is 46.3 Å². The SMILES string of the molecule is CC(C)CCCCC1CCC2[C@@H]3CC=C4CC(OC(=O)C(C)C(=O)OC(C)(C)C)CCC4(C)C3CCC12C. The Morgan fingerprint density at radius 1 is 0.974 bits per heavy atom. The summed E-state index contributed by atoms with van der Waals surface area (Å²) >= 11 is 0. The van der Waals surface area contributed by atoms with Gasteiger partial charge in [-0.1, -0.05) is 58.6 Å². The molecule has 0 spiro atoms. The van der Waals surface area contributed by atoms with Crippen molar-refractivity contribution in [3.8, 4) is 0 Å². The van der Waals surface area contributed by atoms with E-state index in [1.54, 1.807) is 6.92 Å². The van der Waals surface area contributed by atoms with E-state index in [0.717, 1.165) is 48.9 Å². The Balaban J connectivity index is 1.37. The minimum absolute atomic E-state index is 0.126. The molecule has 216 valence electrons. The third-order valence-electron chi connectivity index (χ3n) is 11.2. The molecule has 7 unspecified atom stereocenters. The van der Waals surface area contributed by atoms with E-state index in [4.69, 9.17) is 9.47 Å². The second-order valence-electron chi connectivity index (χ2n) is 15.3. The van der Waals surface area contributed by atoms with Gasteiger partial charge in [0.15, 0.2) is 5.92 Å². The average Bonchev–Trinajstić information content (AvgIpc) is 3.16. The number of ether oxygens (including phenoxy) is 2. The van der Waals surface area contributed by atoms with Crippen molar-refractivity contribution in [2.75, 3.05) is 0 Å². The molecule has 3 fully saturated rings. The summed E-state index contributed by atoms with van der Waals surface area (Å²) in [4.78, 5) is 25.2. The molecule has 0 N–H and O–H groups in total. The Labute approximate surface area is 233 Å². The van der Waals surface area contributed by atoms with Crippen molar-refractivity contribution < 1.29 is 19.1 Å². The van der Waals surface area contributed by atoms with Gasteiger partial charge in [-0.2, -0.15) is 0 Å². The lowest BCUT2D eigenvalue weighted by atomic mass is 9.47. The van der Waals surface area contributed by atoms with Gasteiger partial charge in [-0.3, -0.25) is 9.59 Å². The molecule has 0 radical (unpaired) electrons. The maximum Gasteiger partial charge on any atom is 0.320 e. The maximum absolute atomic E-state index is 12.8. The summed E-state index contributed by atoms with van der Waals surface area (Å²) in [5, 5.41) is 0. The van der Waals surface area contributed by atoms with Crippen LogP contribution in [0.5, 0.6) is 0 Å². The van der Waals surface area contributed by atoms with Crippen molar-refractivity contribution in [3.63, 3.8) is 0 Å². The number of carbonyl (C=O) groups excluding carboxylic acids is 2. The van der Waals surface area contributed by atoms with Gasteiger partial charge in [0.1, 0.15) is 11.7 Å². The number of rotatable bonds is 8. The second kappa shape index (κ2) is 11.3. The zero-order chi connectivity index (χ0) is 27.9. The van der Waals surface area contributed by atoms with Crippen LogP contribution in [0.25, 0.3) is 0 Å². The van der Waals surface area contributed by atoms with Gasteiger partial charge in [0, 0.05) is 6.42 Å². The molecule has 0 aromatic carbocycles. The van der Waals surface area contributed by atoms with E-state index >= 15 is 0 Å². The fraction of sp³-hybridized carbons (Fsp3) is 0.882. The highest BCUT2D eigenvalue weighted by Crippen LogP contribution is 2.66. The summed E-state index contributed by atoms with van der Waals surface area (Å²) in [5.41, 5.74) is 1.68. The number of hydrogen-bond donors (Lipinski definition) is 0. The van der Waals surface area contributed by atoms with Crippen LogP contribution in [-0.2, 0) is 19.1 Å². The molecule has 0 aromatic heterocycles. The van der Waals surface area contributed by atoms with E-state index in [1.165, 1.54) is 63.4 Å². The molecule has 0 bridgehead atoms. The normalized spacial score (nSPS) is 37.5. The van der Waals surface area contributed by atoms with Gasteiger partial charge in [0.05, 0.1) is 0 Å². The summed E-state index contributed by atoms with van der Waals surface area (Å²) in [6.45, 7) is 16.9. The standard InChI is InChI=1S/C34H56O4/c1-22(2)11-9-10-12-24-14-16-28-27-15-13-25-21-26(37-30(35)23(3)31(36)38-32(4,5)6)17-19-34(25,8)29(27)18-20-33(24,28)7/h13,22-24,26-29H,9-12,14-21H2,1-8H3/t23?,24?,26?,27-,28?,29?,33?,34?/m0/s1. The van der Waals surface area contributed by atoms with E-state index in [9.17, 15) is 9.59 Å². The predicted molar refractivity (Wildman–Crippen MR) is 153 cm³/mol. The van der Waals surface area contributed by atoms with Gasteiger partial charge >= 0.3 is 11.9 Å². The van der Waals surface area contributed by atoms with E-state index in [1.807, 2.05) is 20.8 Å². The van der Waals surface area contributed by atoms with E-state index < -0.39 is 23.5 Å². The molecule has 8 atom stereocenters. The van der Waals surface area contributed by atoms with Gasteiger partial charge < -0.3 is 9.47 Å². The minimum atomic E-state index is -0.885. The van der Waals surface area contributed by atoms with Crippen molar-refractivity contribution in [1.29, 1.82) is 0 Å². The van der Waals surface area contributed by atoms with Crippen molar-refractivity contribution in [1.82, 2.24) is 0 Å². The summed E-state index contributed by atoms with van der Waals surface area (Å²) in [6, 6.07) is 0. The van der Waals surface area contributed by atoms with E-state index in [2.05, 4.69) is 33.8 Å². The topological polar surface area (TPSA) is 52.6 Å². The lowest BCUT2D eigenvalue weighted by molar-refractivity contribution is -0.171. The van der Waals surface area contributed by atoms with E-state index in [0.29, 0.717) is 5.41 Å². The summed E-state index contributed by atoms with van der Waals surface area (Å²) in [7, 11) is 0. The van der Waals surface area contributed by atoms with Crippen LogP contribution in [0.4, 0.5) is 0 Å². The number of allylic oxidation sites excluding steroid dienone is 1. The Morgan fingerprint density at radius 2 is 1.71 bits per heavy atom. The van der Waals surface area contributed by atoms with E-state index in [-0.39, 0.29) is 11.5 Å². The highest BCUT2D eigenvalue weighted by molar-refractivity contribution is 5.94. The molecular formula is C34H56O4. The predicted octanol–water partition coefficient (Wildman–Crippen LogP) is 8.67. The number of carbonyl (C=O) groups is 2. The van der Waals surface area contributed by atoms with Crippen molar-refractivity contribution in [2.45, 2.75) is 144 Å². The van der Waals surface area contributed by atoms with Crippen LogP contribution >= 0.6 is 0 Å². The lowest BCUT2D eigenvalue weighted by Gasteiger charge is -2.58. The summed E-state index contributed by atoms with van der Waals surface area (Å²) in [5.74, 6) is 2.37. The lowest BCUT2D eigenvalue weighted by Crippen LogP contribution is -2.50. The summed E-state index contributed by atoms with van der Waals surface area (Å²) < 4.78 is 11.3. The largest absolute Gasteiger partial charge is 0.461 e. The molecular weight excluding hydrogens is 472 g/mol. The number of fused-ring (bicyclic) bond motifs is 5. The summed E-state index contributed by atoms with van der Waals surface area (Å²) in [6.07, 6.45) is 17.6. The Kier molecular flexibility index (Phi) is 8.80. The van der Waals surface area contributed by atoms with Gasteiger partial charge in [-0.25, -0.2) is 0 Å². The Morgan fingerprint density at radius 3 is 2.39 bits per heavy atom. The van der Waals surface area contributed by atoms with Crippen LogP contribution in [0.15, 0.2) is 11.6 Å². The molecule has 0 heterocycles. The molecule has 4 aliphatic rings. The first-order valence-electron chi connectivity index (χ1n) is 15.9. The van der Waals surface area contributed by atoms with Gasteiger partial charge in [-0.15, -0.1) is 0 Å². The van der Waals surface area contributed by atoms with Crippen molar-refractivity contribution in [2.24, 2.45) is 46.3 Å². The molecule has 4 heteroatoms. The highest BCUT2D eigenvalue weighted by atomic mass is 16.6. The van der Waals surface area contributed by atoms with Crippen molar-refractivity contribution >= 4 is 11.9 Å². The average molecular weight is 529 g/mol.